The quantitative estimate of drug-likeness (QED) is 0.789. The number of amides is 1. The van der Waals surface area contributed by atoms with Gasteiger partial charge in [-0.3, -0.25) is 9.89 Å². The summed E-state index contributed by atoms with van der Waals surface area (Å²) < 4.78 is 0. The van der Waals surface area contributed by atoms with Crippen LogP contribution in [0.5, 0.6) is 0 Å². The molecule has 0 aliphatic carbocycles. The molecule has 2 aromatic heterocycles. The van der Waals surface area contributed by atoms with Gasteiger partial charge in [0.05, 0.1) is 17.1 Å². The maximum atomic E-state index is 12.4. The SMILES string of the molecule is CCCNc1cc(C(=O)Nc2c(C)n[nH]c2C)cc(C)n1. The molecule has 0 aromatic carbocycles. The number of hydrogen-bond donors (Lipinski definition) is 3. The van der Waals surface area contributed by atoms with Crippen molar-refractivity contribution in [2.45, 2.75) is 34.1 Å². The fourth-order valence-corrected chi connectivity index (χ4v) is 2.06. The van der Waals surface area contributed by atoms with Crippen LogP contribution in [0.4, 0.5) is 11.5 Å². The van der Waals surface area contributed by atoms with Gasteiger partial charge in [-0.25, -0.2) is 4.98 Å². The zero-order chi connectivity index (χ0) is 15.4. The summed E-state index contributed by atoms with van der Waals surface area (Å²) in [5.41, 5.74) is 3.74. The van der Waals surface area contributed by atoms with Crippen molar-refractivity contribution >= 4 is 17.4 Å². The Bertz CT molecular complexity index is 628. The second kappa shape index (κ2) is 6.39. The molecule has 3 N–H and O–H groups in total. The molecule has 1 amide bonds. The number of aromatic nitrogens is 3. The molecule has 6 nitrogen and oxygen atoms in total. The fraction of sp³-hybridized carbons (Fsp3) is 0.400. The number of carbonyl (C=O) groups excluding carboxylic acids is 1. The number of nitrogens with zero attached hydrogens (tertiary/aromatic N) is 2. The predicted molar refractivity (Wildman–Crippen MR) is 83.8 cm³/mol. The Morgan fingerprint density at radius 1 is 1.29 bits per heavy atom. The van der Waals surface area contributed by atoms with Crippen LogP contribution in [0.2, 0.25) is 0 Å². The highest BCUT2D eigenvalue weighted by Gasteiger charge is 2.13. The van der Waals surface area contributed by atoms with Crippen LogP contribution in [0.15, 0.2) is 12.1 Å². The Morgan fingerprint density at radius 2 is 2.05 bits per heavy atom. The van der Waals surface area contributed by atoms with Gasteiger partial charge in [-0.15, -0.1) is 0 Å². The molecular formula is C15H21N5O. The van der Waals surface area contributed by atoms with Crippen LogP contribution in [-0.2, 0) is 0 Å². The average Bonchev–Trinajstić information content (AvgIpc) is 2.76. The van der Waals surface area contributed by atoms with Gasteiger partial charge in [0, 0.05) is 17.8 Å². The van der Waals surface area contributed by atoms with E-state index >= 15 is 0 Å². The standard InChI is InChI=1S/C15H21N5O/c1-5-6-16-13-8-12(7-9(2)17-13)15(21)18-14-10(3)19-20-11(14)4/h7-8H,5-6H2,1-4H3,(H,16,17)(H,18,21)(H,19,20). The van der Waals surface area contributed by atoms with Gasteiger partial charge >= 0.3 is 0 Å². The van der Waals surface area contributed by atoms with Gasteiger partial charge in [-0.1, -0.05) is 6.92 Å². The number of pyridine rings is 1. The first-order chi connectivity index (χ1) is 10.0. The van der Waals surface area contributed by atoms with Gasteiger partial charge in [0.1, 0.15) is 5.82 Å². The number of nitrogens with one attached hydrogen (secondary N) is 3. The first-order valence-electron chi connectivity index (χ1n) is 7.06. The van der Waals surface area contributed by atoms with Crippen LogP contribution < -0.4 is 10.6 Å². The number of aryl methyl sites for hydroxylation is 3. The van der Waals surface area contributed by atoms with Crippen LogP contribution in [0.3, 0.4) is 0 Å². The summed E-state index contributed by atoms with van der Waals surface area (Å²) in [7, 11) is 0. The highest BCUT2D eigenvalue weighted by molar-refractivity contribution is 6.05. The molecule has 0 bridgehead atoms. The van der Waals surface area contributed by atoms with E-state index < -0.39 is 0 Å². The van der Waals surface area contributed by atoms with Gasteiger partial charge in [-0.2, -0.15) is 5.10 Å². The van der Waals surface area contributed by atoms with Crippen LogP contribution >= 0.6 is 0 Å². The molecule has 6 heteroatoms. The number of rotatable bonds is 5. The van der Waals surface area contributed by atoms with Crippen LogP contribution in [0, 0.1) is 20.8 Å². The van der Waals surface area contributed by atoms with E-state index in [0.29, 0.717) is 5.56 Å². The molecule has 112 valence electrons. The summed E-state index contributed by atoms with van der Waals surface area (Å²) in [6.45, 7) is 8.52. The lowest BCUT2D eigenvalue weighted by atomic mass is 10.2. The van der Waals surface area contributed by atoms with Crippen molar-refractivity contribution in [3.05, 3.63) is 34.8 Å². The highest BCUT2D eigenvalue weighted by Crippen LogP contribution is 2.18. The number of aromatic amines is 1. The summed E-state index contributed by atoms with van der Waals surface area (Å²) in [5.74, 6) is 0.565. The number of H-pyrrole nitrogens is 1. The lowest BCUT2D eigenvalue weighted by Gasteiger charge is -2.09. The van der Waals surface area contributed by atoms with Crippen molar-refractivity contribution in [2.75, 3.05) is 17.2 Å². The Hall–Kier alpha value is -2.37. The van der Waals surface area contributed by atoms with E-state index in [1.165, 1.54) is 0 Å². The maximum absolute atomic E-state index is 12.4. The van der Waals surface area contributed by atoms with Gasteiger partial charge < -0.3 is 10.6 Å². The van der Waals surface area contributed by atoms with Gasteiger partial charge in [0.2, 0.25) is 0 Å². The molecule has 0 radical (unpaired) electrons. The maximum Gasteiger partial charge on any atom is 0.255 e. The monoisotopic (exact) mass is 287 g/mol. The van der Waals surface area contributed by atoms with Crippen LogP contribution in [0.1, 0.15) is 40.8 Å². The Labute approximate surface area is 124 Å². The summed E-state index contributed by atoms with van der Waals surface area (Å²) >= 11 is 0. The van der Waals surface area contributed by atoms with Crippen molar-refractivity contribution in [1.82, 2.24) is 15.2 Å². The topological polar surface area (TPSA) is 82.7 Å². The molecule has 21 heavy (non-hydrogen) atoms. The molecule has 0 spiro atoms. The van der Waals surface area contributed by atoms with E-state index in [0.717, 1.165) is 41.6 Å². The second-order valence-corrected chi connectivity index (χ2v) is 5.07. The van der Waals surface area contributed by atoms with E-state index in [2.05, 4.69) is 32.7 Å². The molecular weight excluding hydrogens is 266 g/mol. The molecule has 2 aromatic rings. The second-order valence-electron chi connectivity index (χ2n) is 5.07. The van der Waals surface area contributed by atoms with E-state index in [4.69, 9.17) is 0 Å². The van der Waals surface area contributed by atoms with Crippen molar-refractivity contribution in [1.29, 1.82) is 0 Å². The van der Waals surface area contributed by atoms with Crippen molar-refractivity contribution in [2.24, 2.45) is 0 Å². The molecule has 0 aliphatic heterocycles. The summed E-state index contributed by atoms with van der Waals surface area (Å²) in [6, 6.07) is 3.54. The molecule has 0 saturated carbocycles. The number of carbonyl (C=O) groups is 1. The molecule has 2 rings (SSSR count). The van der Waals surface area contributed by atoms with E-state index in [1.54, 1.807) is 12.1 Å². The van der Waals surface area contributed by atoms with Gasteiger partial charge in [0.25, 0.3) is 5.91 Å². The third-order valence-corrected chi connectivity index (χ3v) is 3.14. The van der Waals surface area contributed by atoms with E-state index in [1.807, 2.05) is 20.8 Å². The lowest BCUT2D eigenvalue weighted by molar-refractivity contribution is 0.102. The zero-order valence-corrected chi connectivity index (χ0v) is 12.9. The molecule has 0 saturated heterocycles. The van der Waals surface area contributed by atoms with Crippen molar-refractivity contribution in [3.63, 3.8) is 0 Å². The largest absolute Gasteiger partial charge is 0.370 e. The summed E-state index contributed by atoms with van der Waals surface area (Å²) in [4.78, 5) is 16.8. The smallest absolute Gasteiger partial charge is 0.255 e. The summed E-state index contributed by atoms with van der Waals surface area (Å²) in [6.07, 6.45) is 1.00. The van der Waals surface area contributed by atoms with Crippen LogP contribution in [-0.4, -0.2) is 27.6 Å². The van der Waals surface area contributed by atoms with E-state index in [9.17, 15) is 4.79 Å². The van der Waals surface area contributed by atoms with Gasteiger partial charge in [0.15, 0.2) is 0 Å². The summed E-state index contributed by atoms with van der Waals surface area (Å²) in [5, 5.41) is 13.0. The first kappa shape index (κ1) is 15.0. The Balaban J connectivity index is 2.21. The normalized spacial score (nSPS) is 10.5. The number of anilines is 2. The number of hydrogen-bond acceptors (Lipinski definition) is 4. The van der Waals surface area contributed by atoms with Crippen LogP contribution in [0.25, 0.3) is 0 Å². The third-order valence-electron chi connectivity index (χ3n) is 3.14. The molecule has 0 aliphatic rings. The first-order valence-corrected chi connectivity index (χ1v) is 7.06. The molecule has 0 unspecified atom stereocenters. The van der Waals surface area contributed by atoms with E-state index in [-0.39, 0.29) is 5.91 Å². The minimum absolute atomic E-state index is 0.160. The highest BCUT2D eigenvalue weighted by atomic mass is 16.1. The van der Waals surface area contributed by atoms with Gasteiger partial charge in [-0.05, 0) is 39.3 Å². The minimum Gasteiger partial charge on any atom is -0.370 e. The molecule has 0 fully saturated rings. The zero-order valence-electron chi connectivity index (χ0n) is 12.9. The average molecular weight is 287 g/mol. The van der Waals surface area contributed by atoms with Crippen molar-refractivity contribution in [3.8, 4) is 0 Å². The predicted octanol–water partition coefficient (Wildman–Crippen LogP) is 2.80. The Morgan fingerprint density at radius 3 is 2.67 bits per heavy atom. The Kier molecular flexibility index (Phi) is 4.57. The van der Waals surface area contributed by atoms with Crippen molar-refractivity contribution < 1.29 is 4.79 Å². The third kappa shape index (κ3) is 3.59. The molecule has 0 atom stereocenters. The fourth-order valence-electron chi connectivity index (χ4n) is 2.06. The molecule has 2 heterocycles. The lowest BCUT2D eigenvalue weighted by Crippen LogP contribution is -2.14. The minimum atomic E-state index is -0.160.